The predicted octanol–water partition coefficient (Wildman–Crippen LogP) is 3.61. The van der Waals surface area contributed by atoms with Gasteiger partial charge in [-0.15, -0.1) is 0 Å². The van der Waals surface area contributed by atoms with E-state index in [0.717, 1.165) is 5.56 Å². The molecule has 0 bridgehead atoms. The van der Waals surface area contributed by atoms with Crippen LogP contribution < -0.4 is 0 Å². The van der Waals surface area contributed by atoms with Gasteiger partial charge in [0.1, 0.15) is 0 Å². The van der Waals surface area contributed by atoms with E-state index in [1.807, 2.05) is 18.2 Å². The monoisotopic (exact) mass is 198 g/mol. The van der Waals surface area contributed by atoms with E-state index in [1.54, 1.807) is 6.92 Å². The number of carbonyl (C=O) groups excluding carboxylic acids is 1. The number of hydrogen-bond donors (Lipinski definition) is 0. The molecule has 0 aliphatic heterocycles. The quantitative estimate of drug-likeness (QED) is 0.640. The van der Waals surface area contributed by atoms with Crippen LogP contribution >= 0.6 is 0 Å². The summed E-state index contributed by atoms with van der Waals surface area (Å²) in [5, 5.41) is 0. The molecule has 0 unspecified atom stereocenters. The minimum Gasteiger partial charge on any atom is -0.295 e. The molecule has 2 rings (SSSR count). The molecule has 1 heteroatoms. The molecule has 0 N–H and O–H groups in total. The van der Waals surface area contributed by atoms with Gasteiger partial charge in [-0.05, 0) is 49.1 Å². The van der Waals surface area contributed by atoms with E-state index in [-0.39, 0.29) is 5.78 Å². The van der Waals surface area contributed by atoms with Crippen LogP contribution in [0.25, 0.3) is 11.1 Å². The van der Waals surface area contributed by atoms with Crippen molar-refractivity contribution < 1.29 is 4.79 Å². The molecule has 0 aromatic carbocycles. The first kappa shape index (κ1) is 9.91. The van der Waals surface area contributed by atoms with Crippen molar-refractivity contribution >= 4 is 5.78 Å². The minimum absolute atomic E-state index is 0.118. The standard InChI is InChI=1S/C14H14O/c1-9-4-6-12(11(3)15)8-14-10(2)5-7-13(9)14/h4-8H,1-3H3. The van der Waals surface area contributed by atoms with Crippen molar-refractivity contribution in [3.63, 3.8) is 0 Å². The van der Waals surface area contributed by atoms with Crippen LogP contribution in [-0.4, -0.2) is 5.78 Å². The summed E-state index contributed by atoms with van der Waals surface area (Å²) in [4.78, 5) is 11.4. The summed E-state index contributed by atoms with van der Waals surface area (Å²) < 4.78 is 0. The number of rotatable bonds is 1. The molecule has 2 aliphatic carbocycles. The van der Waals surface area contributed by atoms with E-state index in [0.29, 0.717) is 0 Å². The lowest BCUT2D eigenvalue weighted by Crippen LogP contribution is -1.88. The lowest BCUT2D eigenvalue weighted by atomic mass is 10.1. The number of hydrogen-bond acceptors (Lipinski definition) is 1. The van der Waals surface area contributed by atoms with Crippen molar-refractivity contribution in [3.8, 4) is 11.1 Å². The number of Topliss-reactive ketones (excluding diaryl/α,β-unsaturated/α-hetero) is 1. The third-order valence-electron chi connectivity index (χ3n) is 2.86. The molecule has 0 radical (unpaired) electrons. The summed E-state index contributed by atoms with van der Waals surface area (Å²) in [5.41, 5.74) is 5.64. The first-order chi connectivity index (χ1) is 7.09. The predicted molar refractivity (Wildman–Crippen MR) is 62.5 cm³/mol. The zero-order valence-corrected chi connectivity index (χ0v) is 9.29. The molecule has 76 valence electrons. The summed E-state index contributed by atoms with van der Waals surface area (Å²) in [6.07, 6.45) is 0. The molecule has 0 saturated heterocycles. The van der Waals surface area contributed by atoms with E-state index in [1.165, 1.54) is 22.3 Å². The normalized spacial score (nSPS) is 10.6. The van der Waals surface area contributed by atoms with Crippen LogP contribution in [0.1, 0.15) is 28.4 Å². The average molecular weight is 198 g/mol. The molecule has 0 amide bonds. The lowest BCUT2D eigenvalue weighted by Gasteiger charge is -1.98. The van der Waals surface area contributed by atoms with E-state index in [9.17, 15) is 4.79 Å². The molecule has 0 saturated carbocycles. The number of ketones is 1. The highest BCUT2D eigenvalue weighted by Crippen LogP contribution is 2.30. The third kappa shape index (κ3) is 1.65. The molecule has 1 nitrogen and oxygen atoms in total. The first-order valence-corrected chi connectivity index (χ1v) is 5.10. The zero-order chi connectivity index (χ0) is 11.0. The molecular weight excluding hydrogens is 184 g/mol. The van der Waals surface area contributed by atoms with Crippen LogP contribution in [0.2, 0.25) is 0 Å². The van der Waals surface area contributed by atoms with Crippen molar-refractivity contribution in [2.24, 2.45) is 0 Å². The fraction of sp³-hybridized carbons (Fsp3) is 0.214. The third-order valence-corrected chi connectivity index (χ3v) is 2.86. The van der Waals surface area contributed by atoms with Crippen molar-refractivity contribution in [1.82, 2.24) is 0 Å². The van der Waals surface area contributed by atoms with E-state index in [4.69, 9.17) is 0 Å². The van der Waals surface area contributed by atoms with Crippen LogP contribution in [0.4, 0.5) is 0 Å². The fourth-order valence-electron chi connectivity index (χ4n) is 1.86. The molecule has 0 atom stereocenters. The molecule has 2 aliphatic rings. The minimum atomic E-state index is 0.118. The van der Waals surface area contributed by atoms with Crippen LogP contribution in [-0.2, 0) is 0 Å². The van der Waals surface area contributed by atoms with E-state index in [2.05, 4.69) is 26.0 Å². The fourth-order valence-corrected chi connectivity index (χ4v) is 1.86. The number of aryl methyl sites for hydroxylation is 2. The Kier molecular flexibility index (Phi) is 2.31. The molecule has 0 spiro atoms. The Labute approximate surface area is 90.1 Å². The Bertz CT molecular complexity index is 497. The number of fused-ring (bicyclic) bond motifs is 1. The Morgan fingerprint density at radius 2 is 1.53 bits per heavy atom. The molecule has 0 aromatic rings. The van der Waals surface area contributed by atoms with Crippen molar-refractivity contribution in [3.05, 3.63) is 47.0 Å². The van der Waals surface area contributed by atoms with Crippen molar-refractivity contribution in [2.45, 2.75) is 20.8 Å². The van der Waals surface area contributed by atoms with Gasteiger partial charge in [0.25, 0.3) is 0 Å². The van der Waals surface area contributed by atoms with Crippen molar-refractivity contribution in [1.29, 1.82) is 0 Å². The van der Waals surface area contributed by atoms with Gasteiger partial charge in [0.2, 0.25) is 0 Å². The second-order valence-electron chi connectivity index (χ2n) is 4.02. The highest BCUT2D eigenvalue weighted by molar-refractivity contribution is 5.95. The maximum atomic E-state index is 11.4. The lowest BCUT2D eigenvalue weighted by molar-refractivity contribution is 0.101. The summed E-state index contributed by atoms with van der Waals surface area (Å²) in [5.74, 6) is 0.118. The van der Waals surface area contributed by atoms with Gasteiger partial charge in [0, 0.05) is 5.56 Å². The second kappa shape index (κ2) is 3.50. The van der Waals surface area contributed by atoms with Crippen LogP contribution in [0, 0.1) is 13.8 Å². The van der Waals surface area contributed by atoms with Gasteiger partial charge < -0.3 is 0 Å². The first-order valence-electron chi connectivity index (χ1n) is 5.10. The van der Waals surface area contributed by atoms with Gasteiger partial charge in [-0.1, -0.05) is 24.3 Å². The summed E-state index contributed by atoms with van der Waals surface area (Å²) in [6, 6.07) is 10.1. The largest absolute Gasteiger partial charge is 0.295 e. The Balaban J connectivity index is 2.77. The van der Waals surface area contributed by atoms with Gasteiger partial charge in [-0.25, -0.2) is 0 Å². The summed E-state index contributed by atoms with van der Waals surface area (Å²) in [6.45, 7) is 5.76. The highest BCUT2D eigenvalue weighted by Gasteiger charge is 2.09. The molecular formula is C14H14O. The van der Waals surface area contributed by atoms with Crippen LogP contribution in [0.5, 0.6) is 0 Å². The van der Waals surface area contributed by atoms with Crippen LogP contribution in [0.3, 0.4) is 0 Å². The van der Waals surface area contributed by atoms with E-state index >= 15 is 0 Å². The SMILES string of the molecule is CC(=O)c1ccc(C)c2ccc(C)c-2c1. The van der Waals surface area contributed by atoms with E-state index < -0.39 is 0 Å². The molecule has 0 heterocycles. The summed E-state index contributed by atoms with van der Waals surface area (Å²) in [7, 11) is 0. The molecule has 0 aromatic heterocycles. The average Bonchev–Trinajstić information content (AvgIpc) is 2.43. The Morgan fingerprint density at radius 3 is 2.20 bits per heavy atom. The topological polar surface area (TPSA) is 17.1 Å². The van der Waals surface area contributed by atoms with Gasteiger partial charge in [0.05, 0.1) is 0 Å². The van der Waals surface area contributed by atoms with Gasteiger partial charge in [-0.2, -0.15) is 0 Å². The maximum Gasteiger partial charge on any atom is 0.159 e. The number of carbonyl (C=O) groups is 1. The molecule has 0 fully saturated rings. The van der Waals surface area contributed by atoms with Crippen molar-refractivity contribution in [2.75, 3.05) is 0 Å². The smallest absolute Gasteiger partial charge is 0.159 e. The van der Waals surface area contributed by atoms with Crippen LogP contribution in [0.15, 0.2) is 30.3 Å². The zero-order valence-electron chi connectivity index (χ0n) is 9.29. The Hall–Kier alpha value is -1.63. The Morgan fingerprint density at radius 1 is 0.933 bits per heavy atom. The van der Waals surface area contributed by atoms with Gasteiger partial charge >= 0.3 is 0 Å². The second-order valence-corrected chi connectivity index (χ2v) is 4.02. The molecule has 15 heavy (non-hydrogen) atoms. The van der Waals surface area contributed by atoms with Gasteiger partial charge in [0.15, 0.2) is 5.78 Å². The maximum absolute atomic E-state index is 11.4. The summed E-state index contributed by atoms with van der Waals surface area (Å²) >= 11 is 0. The highest BCUT2D eigenvalue weighted by atomic mass is 16.1. The van der Waals surface area contributed by atoms with Gasteiger partial charge in [-0.3, -0.25) is 4.79 Å².